The van der Waals surface area contributed by atoms with Crippen molar-refractivity contribution in [1.82, 2.24) is 10.2 Å². The standard InChI is InChI=1S/C22H20N4O4/c1-13-9-21(24-23-13)25-14(2)10-16-11-19(29-3)20(30-4)12-18(16)22(25)15-5-7-17(8-6-15)26(27)28/h5-12H,1-4H3. The molecule has 2 heterocycles. The second kappa shape index (κ2) is 7.47. The van der Waals surface area contributed by atoms with E-state index in [0.29, 0.717) is 17.3 Å². The molecule has 0 unspecified atom stereocenters. The average molecular weight is 404 g/mol. The van der Waals surface area contributed by atoms with Gasteiger partial charge in [0.25, 0.3) is 5.69 Å². The van der Waals surface area contributed by atoms with Crippen LogP contribution in [0.5, 0.6) is 11.5 Å². The molecule has 8 nitrogen and oxygen atoms in total. The number of pyridine rings is 1. The normalized spacial score (nSPS) is 10.9. The van der Waals surface area contributed by atoms with Gasteiger partial charge in [0, 0.05) is 29.3 Å². The smallest absolute Gasteiger partial charge is 0.269 e. The molecule has 0 spiro atoms. The second-order valence-electron chi connectivity index (χ2n) is 6.91. The van der Waals surface area contributed by atoms with Crippen LogP contribution in [0.25, 0.3) is 27.8 Å². The lowest BCUT2D eigenvalue weighted by atomic mass is 10.0. The highest BCUT2D eigenvalue weighted by atomic mass is 16.6. The zero-order valence-electron chi connectivity index (χ0n) is 17.0. The molecule has 0 aliphatic carbocycles. The quantitative estimate of drug-likeness (QED) is 0.286. The van der Waals surface area contributed by atoms with Crippen LogP contribution in [0.3, 0.4) is 0 Å². The molecule has 4 rings (SSSR count). The van der Waals surface area contributed by atoms with Crippen molar-refractivity contribution in [3.63, 3.8) is 0 Å². The maximum atomic E-state index is 11.1. The molecule has 0 N–H and O–H groups in total. The van der Waals surface area contributed by atoms with E-state index in [-0.39, 0.29) is 5.69 Å². The third-order valence-electron chi connectivity index (χ3n) is 4.98. The first kappa shape index (κ1) is 19.4. The largest absolute Gasteiger partial charge is 0.493 e. The molecule has 0 atom stereocenters. The van der Waals surface area contributed by atoms with Crippen molar-refractivity contribution in [2.24, 2.45) is 0 Å². The minimum Gasteiger partial charge on any atom is -0.493 e. The van der Waals surface area contributed by atoms with Crippen molar-refractivity contribution in [3.05, 3.63) is 70.0 Å². The van der Waals surface area contributed by atoms with E-state index < -0.39 is 4.92 Å². The summed E-state index contributed by atoms with van der Waals surface area (Å²) in [7, 11) is 3.18. The Kier molecular flexibility index (Phi) is 4.83. The van der Waals surface area contributed by atoms with E-state index in [1.54, 1.807) is 26.4 Å². The van der Waals surface area contributed by atoms with Crippen molar-refractivity contribution in [1.29, 1.82) is 0 Å². The summed E-state index contributed by atoms with van der Waals surface area (Å²) in [5.41, 5.74) is 3.41. The van der Waals surface area contributed by atoms with Gasteiger partial charge in [0.2, 0.25) is 0 Å². The molecule has 0 aliphatic rings. The van der Waals surface area contributed by atoms with Gasteiger partial charge in [-0.1, -0.05) is 0 Å². The van der Waals surface area contributed by atoms with Crippen molar-refractivity contribution in [2.75, 3.05) is 14.2 Å². The van der Waals surface area contributed by atoms with Crippen LogP contribution < -0.4 is 19.1 Å². The molecule has 0 radical (unpaired) electrons. The van der Waals surface area contributed by atoms with E-state index >= 15 is 0 Å². The number of nitrogens with zero attached hydrogens (tertiary/aromatic N) is 4. The van der Waals surface area contributed by atoms with Crippen molar-refractivity contribution in [2.45, 2.75) is 13.8 Å². The Morgan fingerprint density at radius 3 is 2.23 bits per heavy atom. The molecule has 0 bridgehead atoms. The van der Waals surface area contributed by atoms with Crippen LogP contribution in [-0.2, 0) is 0 Å². The van der Waals surface area contributed by atoms with E-state index in [1.807, 2.05) is 42.7 Å². The van der Waals surface area contributed by atoms with E-state index in [0.717, 1.165) is 33.4 Å². The van der Waals surface area contributed by atoms with Gasteiger partial charge in [0.05, 0.1) is 30.5 Å². The zero-order valence-corrected chi connectivity index (χ0v) is 17.0. The van der Waals surface area contributed by atoms with Gasteiger partial charge in [-0.25, -0.2) is 0 Å². The minimum atomic E-state index is -0.411. The number of hydrogen-bond acceptors (Lipinski definition) is 5. The van der Waals surface area contributed by atoms with Crippen LogP contribution in [0, 0.1) is 24.0 Å². The average Bonchev–Trinajstić information content (AvgIpc) is 3.17. The first-order valence-electron chi connectivity index (χ1n) is 9.26. The number of aryl methyl sites for hydroxylation is 2. The number of ether oxygens (including phenoxy) is 2. The van der Waals surface area contributed by atoms with Gasteiger partial charge < -0.3 is 9.47 Å². The predicted octanol–water partition coefficient (Wildman–Crippen LogP) is 3.68. The van der Waals surface area contributed by atoms with E-state index in [1.165, 1.54) is 12.1 Å². The number of non-ortho nitro benzene ring substituents is 1. The summed E-state index contributed by atoms with van der Waals surface area (Å²) < 4.78 is 13.0. The van der Waals surface area contributed by atoms with E-state index in [9.17, 15) is 10.1 Å². The van der Waals surface area contributed by atoms with E-state index in [2.05, 4.69) is 10.2 Å². The topological polar surface area (TPSA) is 92.5 Å². The highest BCUT2D eigenvalue weighted by molar-refractivity contribution is 5.95. The Morgan fingerprint density at radius 1 is 1.00 bits per heavy atom. The summed E-state index contributed by atoms with van der Waals surface area (Å²) in [4.78, 5) is 10.7. The van der Waals surface area contributed by atoms with Gasteiger partial charge >= 0.3 is 0 Å². The van der Waals surface area contributed by atoms with Crippen LogP contribution in [0.15, 0.2) is 48.5 Å². The number of methoxy groups -OCH3 is 2. The molecule has 0 fully saturated rings. The lowest BCUT2D eigenvalue weighted by molar-refractivity contribution is -0.594. The zero-order chi connectivity index (χ0) is 21.4. The molecule has 0 saturated carbocycles. The molecule has 0 saturated heterocycles. The number of fused-ring (bicyclic) bond motifs is 1. The molecule has 0 aliphatic heterocycles. The molecule has 8 heteroatoms. The fourth-order valence-electron chi connectivity index (χ4n) is 3.61. The molecule has 0 amide bonds. The fraction of sp³-hybridized carbons (Fsp3) is 0.182. The number of aromatic nitrogens is 3. The SMILES string of the molecule is COc1cc2cc(C)[n+](-c3cc(C)n[n-]3)c(-c3ccc([N+](=O)[O-])cc3)c2cc1OC. The summed E-state index contributed by atoms with van der Waals surface area (Å²) in [5.74, 6) is 1.89. The van der Waals surface area contributed by atoms with Gasteiger partial charge in [-0.3, -0.25) is 14.7 Å². The fourth-order valence-corrected chi connectivity index (χ4v) is 3.61. The molecule has 2 aromatic heterocycles. The number of benzene rings is 2. The van der Waals surface area contributed by atoms with Crippen molar-refractivity contribution >= 4 is 16.5 Å². The maximum Gasteiger partial charge on any atom is 0.269 e. The summed E-state index contributed by atoms with van der Waals surface area (Å²) in [6.45, 7) is 3.86. The third-order valence-corrected chi connectivity index (χ3v) is 4.98. The Hall–Kier alpha value is -3.94. The van der Waals surface area contributed by atoms with Gasteiger partial charge in [-0.15, -0.1) is 5.10 Å². The van der Waals surface area contributed by atoms with Gasteiger partial charge in [0.15, 0.2) is 17.3 Å². The summed E-state index contributed by atoms with van der Waals surface area (Å²) in [6, 6.07) is 14.2. The van der Waals surface area contributed by atoms with Crippen molar-refractivity contribution < 1.29 is 19.0 Å². The summed E-state index contributed by atoms with van der Waals surface area (Å²) >= 11 is 0. The summed E-state index contributed by atoms with van der Waals surface area (Å²) in [6.07, 6.45) is 0. The highest BCUT2D eigenvalue weighted by Crippen LogP contribution is 2.36. The Bertz CT molecular complexity index is 1260. The van der Waals surface area contributed by atoms with Crippen LogP contribution in [0.1, 0.15) is 11.4 Å². The molecule has 30 heavy (non-hydrogen) atoms. The lowest BCUT2D eigenvalue weighted by Gasteiger charge is -2.20. The molecule has 2 aromatic carbocycles. The number of nitro benzene ring substituents is 1. The molecule has 4 aromatic rings. The second-order valence-corrected chi connectivity index (χ2v) is 6.91. The van der Waals surface area contributed by atoms with Crippen molar-refractivity contribution in [3.8, 4) is 28.6 Å². The Labute approximate surface area is 172 Å². The number of hydrogen-bond donors (Lipinski definition) is 0. The monoisotopic (exact) mass is 404 g/mol. The van der Waals surface area contributed by atoms with Gasteiger partial charge in [-0.2, -0.15) is 5.10 Å². The first-order chi connectivity index (χ1) is 14.4. The third kappa shape index (κ3) is 3.22. The van der Waals surface area contributed by atoms with E-state index in [4.69, 9.17) is 9.47 Å². The van der Waals surface area contributed by atoms with Crippen LogP contribution in [0.4, 0.5) is 5.69 Å². The molecular formula is C22H20N4O4. The lowest BCUT2D eigenvalue weighted by Crippen LogP contribution is -2.38. The highest BCUT2D eigenvalue weighted by Gasteiger charge is 2.18. The van der Waals surface area contributed by atoms with Gasteiger partial charge in [-0.05, 0) is 55.1 Å². The Morgan fingerprint density at radius 2 is 1.67 bits per heavy atom. The molecule has 152 valence electrons. The number of nitro groups is 1. The van der Waals surface area contributed by atoms with Crippen LogP contribution in [0.2, 0.25) is 0 Å². The van der Waals surface area contributed by atoms with Gasteiger partial charge in [0.1, 0.15) is 0 Å². The maximum absolute atomic E-state index is 11.1. The number of rotatable bonds is 5. The first-order valence-corrected chi connectivity index (χ1v) is 9.26. The summed E-state index contributed by atoms with van der Waals surface area (Å²) in [5, 5.41) is 21.4. The molecular weight excluding hydrogens is 384 g/mol. The van der Waals surface area contributed by atoms with Crippen LogP contribution in [-0.4, -0.2) is 24.2 Å². The predicted molar refractivity (Wildman–Crippen MR) is 111 cm³/mol. The minimum absolute atomic E-state index is 0.0328. The Balaban J connectivity index is 2.10. The van der Waals surface area contributed by atoms with Crippen LogP contribution >= 0.6 is 0 Å².